The maximum absolute atomic E-state index is 10.7. The van der Waals surface area contributed by atoms with Crippen molar-refractivity contribution in [3.8, 4) is 0 Å². The Bertz CT molecular complexity index is 194. The Hall–Kier alpha value is -0.830. The molecular formula is C12H24N2O. The topological polar surface area (TPSA) is 31.2 Å². The molecule has 3 nitrogen and oxygen atoms in total. The summed E-state index contributed by atoms with van der Waals surface area (Å²) >= 11 is 0. The second-order valence-corrected chi connectivity index (χ2v) is 4.85. The van der Waals surface area contributed by atoms with Crippen molar-refractivity contribution < 1.29 is 9.28 Å². The van der Waals surface area contributed by atoms with Gasteiger partial charge in [0, 0.05) is 0 Å². The molecule has 0 fully saturated rings. The maximum atomic E-state index is 10.7. The molecule has 0 aliphatic heterocycles. The normalized spacial score (nSPS) is 11.1. The number of carbonyl (C=O) groups is 1. The Morgan fingerprint density at radius 3 is 2.33 bits per heavy atom. The summed E-state index contributed by atoms with van der Waals surface area (Å²) in [6.07, 6.45) is 5.91. The quantitative estimate of drug-likeness (QED) is 0.345. The zero-order valence-corrected chi connectivity index (χ0v) is 10.3. The average Bonchev–Trinajstić information content (AvgIpc) is 2.14. The fraction of sp³-hybridized carbons (Fsp3) is 0.750. The summed E-state index contributed by atoms with van der Waals surface area (Å²) in [5.74, 6) is -0.193. The van der Waals surface area contributed by atoms with E-state index >= 15 is 0 Å². The Balaban J connectivity index is 3.19. The average molecular weight is 212 g/mol. The van der Waals surface area contributed by atoms with E-state index in [4.69, 9.17) is 0 Å². The molecule has 0 atom stereocenters. The molecule has 1 amide bonds. The first kappa shape index (κ1) is 14.2. The molecule has 0 radical (unpaired) electrons. The summed E-state index contributed by atoms with van der Waals surface area (Å²) in [6.45, 7) is 5.23. The number of rotatable bonds is 8. The van der Waals surface area contributed by atoms with Gasteiger partial charge in [0.1, 0.15) is 0 Å². The Labute approximate surface area is 93.7 Å². The standard InChI is InChI=1S/C12H24N2O/c1-5-12(15)13-10-8-6-7-9-11-14(2,3)4/h5H,1,6-11H2,2-4H3. The van der Waals surface area contributed by atoms with Crippen LogP contribution in [0.5, 0.6) is 0 Å². The molecule has 0 bridgehead atoms. The Morgan fingerprint density at radius 2 is 1.80 bits per heavy atom. The fourth-order valence-corrected chi connectivity index (χ4v) is 1.31. The molecule has 0 saturated carbocycles. The molecule has 15 heavy (non-hydrogen) atoms. The number of carbonyl (C=O) groups excluding carboxylic acids is 1. The van der Waals surface area contributed by atoms with Crippen LogP contribution >= 0.6 is 0 Å². The van der Waals surface area contributed by atoms with Gasteiger partial charge in [-0.05, 0) is 18.9 Å². The minimum Gasteiger partial charge on any atom is -0.650 e. The minimum absolute atomic E-state index is 0.193. The van der Waals surface area contributed by atoms with Crippen LogP contribution < -0.4 is 0 Å². The van der Waals surface area contributed by atoms with Crippen molar-refractivity contribution in [2.75, 3.05) is 34.2 Å². The smallest absolute Gasteiger partial charge is 0.0780 e. The molecule has 0 rings (SSSR count). The molecule has 88 valence electrons. The van der Waals surface area contributed by atoms with Crippen molar-refractivity contribution >= 4 is 5.91 Å². The fourth-order valence-electron chi connectivity index (χ4n) is 1.31. The summed E-state index contributed by atoms with van der Waals surface area (Å²) in [5, 5.41) is 3.83. The molecule has 3 heteroatoms. The van der Waals surface area contributed by atoms with Gasteiger partial charge in [-0.1, -0.05) is 19.4 Å². The summed E-state index contributed by atoms with van der Waals surface area (Å²) < 4.78 is 1.03. The van der Waals surface area contributed by atoms with Gasteiger partial charge in [0.15, 0.2) is 0 Å². The monoisotopic (exact) mass is 212 g/mol. The lowest BCUT2D eigenvalue weighted by Gasteiger charge is -2.23. The van der Waals surface area contributed by atoms with Crippen molar-refractivity contribution in [3.63, 3.8) is 0 Å². The van der Waals surface area contributed by atoms with E-state index in [0.717, 1.165) is 17.3 Å². The van der Waals surface area contributed by atoms with Gasteiger partial charge in [0.2, 0.25) is 0 Å². The predicted octanol–water partition coefficient (Wildman–Crippen LogP) is 2.34. The zero-order valence-electron chi connectivity index (χ0n) is 10.3. The molecule has 0 aromatic carbocycles. The van der Waals surface area contributed by atoms with Crippen LogP contribution in [0.1, 0.15) is 25.7 Å². The summed E-state index contributed by atoms with van der Waals surface area (Å²) in [7, 11) is 6.62. The lowest BCUT2D eigenvalue weighted by atomic mass is 10.2. The van der Waals surface area contributed by atoms with Gasteiger partial charge in [0.05, 0.1) is 33.6 Å². The van der Waals surface area contributed by atoms with Gasteiger partial charge in [-0.2, -0.15) is 0 Å². The van der Waals surface area contributed by atoms with E-state index in [-0.39, 0.29) is 5.91 Å². The molecule has 0 aromatic heterocycles. The Kier molecular flexibility index (Phi) is 7.05. The summed E-state index contributed by atoms with van der Waals surface area (Å²) in [5.41, 5.74) is 0. The number of hydrogen-bond acceptors (Lipinski definition) is 1. The SMILES string of the molecule is C=CC(=O)[N-]CCCCCC[N+](C)(C)C. The van der Waals surface area contributed by atoms with Gasteiger partial charge in [-0.3, -0.25) is 0 Å². The highest BCUT2D eigenvalue weighted by atomic mass is 16.1. The third-order valence-electron chi connectivity index (χ3n) is 2.18. The highest BCUT2D eigenvalue weighted by molar-refractivity contribution is 5.98. The van der Waals surface area contributed by atoms with Crippen LogP contribution in [0.2, 0.25) is 0 Å². The van der Waals surface area contributed by atoms with Gasteiger partial charge in [-0.15, -0.1) is 6.54 Å². The van der Waals surface area contributed by atoms with Crippen LogP contribution in [0.25, 0.3) is 5.32 Å². The van der Waals surface area contributed by atoms with Crippen LogP contribution in [0, 0.1) is 0 Å². The van der Waals surface area contributed by atoms with E-state index in [1.165, 1.54) is 25.5 Å². The molecule has 0 aromatic rings. The highest BCUT2D eigenvalue weighted by Gasteiger charge is 2.04. The number of unbranched alkanes of at least 4 members (excludes halogenated alkanes) is 3. The van der Waals surface area contributed by atoms with Crippen molar-refractivity contribution in [1.82, 2.24) is 0 Å². The van der Waals surface area contributed by atoms with Crippen molar-refractivity contribution in [2.45, 2.75) is 25.7 Å². The van der Waals surface area contributed by atoms with E-state index in [9.17, 15) is 4.79 Å². The first-order chi connectivity index (χ1) is 6.95. The first-order valence-electron chi connectivity index (χ1n) is 5.60. The van der Waals surface area contributed by atoms with E-state index in [1.807, 2.05) is 0 Å². The molecular weight excluding hydrogens is 188 g/mol. The van der Waals surface area contributed by atoms with Crippen molar-refractivity contribution in [1.29, 1.82) is 0 Å². The van der Waals surface area contributed by atoms with Gasteiger partial charge in [0.25, 0.3) is 0 Å². The predicted molar refractivity (Wildman–Crippen MR) is 64.8 cm³/mol. The van der Waals surface area contributed by atoms with Crippen LogP contribution in [0.4, 0.5) is 0 Å². The van der Waals surface area contributed by atoms with Crippen LogP contribution in [0.15, 0.2) is 12.7 Å². The van der Waals surface area contributed by atoms with Crippen LogP contribution in [-0.2, 0) is 4.79 Å². The summed E-state index contributed by atoms with van der Waals surface area (Å²) in [6, 6.07) is 0. The Morgan fingerprint density at radius 1 is 1.20 bits per heavy atom. The van der Waals surface area contributed by atoms with E-state index in [2.05, 4.69) is 33.0 Å². The van der Waals surface area contributed by atoms with Gasteiger partial charge in [-0.25, -0.2) is 0 Å². The van der Waals surface area contributed by atoms with E-state index in [1.54, 1.807) is 0 Å². The molecule has 0 N–H and O–H groups in total. The number of nitrogens with zero attached hydrogens (tertiary/aromatic N) is 2. The number of quaternary nitrogens is 1. The largest absolute Gasteiger partial charge is 0.650 e. The third kappa shape index (κ3) is 11.1. The maximum Gasteiger partial charge on any atom is 0.0780 e. The lowest BCUT2D eigenvalue weighted by molar-refractivity contribution is -0.870. The van der Waals surface area contributed by atoms with E-state index < -0.39 is 0 Å². The van der Waals surface area contributed by atoms with Crippen LogP contribution in [-0.4, -0.2) is 44.6 Å². The van der Waals surface area contributed by atoms with Gasteiger partial charge < -0.3 is 14.6 Å². The third-order valence-corrected chi connectivity index (χ3v) is 2.18. The zero-order chi connectivity index (χ0) is 11.7. The minimum atomic E-state index is -0.193. The van der Waals surface area contributed by atoms with Crippen LogP contribution in [0.3, 0.4) is 0 Å². The second kappa shape index (κ2) is 7.46. The number of hydrogen-bond donors (Lipinski definition) is 0. The summed E-state index contributed by atoms with van der Waals surface area (Å²) in [4.78, 5) is 10.7. The highest BCUT2D eigenvalue weighted by Crippen LogP contribution is 2.05. The molecule has 0 aliphatic carbocycles. The molecule has 0 saturated heterocycles. The number of amides is 1. The molecule has 0 aliphatic rings. The van der Waals surface area contributed by atoms with Gasteiger partial charge >= 0.3 is 0 Å². The van der Waals surface area contributed by atoms with Crippen molar-refractivity contribution in [3.05, 3.63) is 18.0 Å². The van der Waals surface area contributed by atoms with Crippen molar-refractivity contribution in [2.24, 2.45) is 0 Å². The lowest BCUT2D eigenvalue weighted by Crippen LogP contribution is -2.35. The van der Waals surface area contributed by atoms with E-state index in [0.29, 0.717) is 6.54 Å². The second-order valence-electron chi connectivity index (χ2n) is 4.85. The molecule has 0 unspecified atom stereocenters. The molecule has 0 heterocycles. The first-order valence-corrected chi connectivity index (χ1v) is 5.60. The molecule has 0 spiro atoms.